The maximum atomic E-state index is 11.9. The van der Waals surface area contributed by atoms with E-state index in [0.717, 1.165) is 16.5 Å². The van der Waals surface area contributed by atoms with Crippen molar-refractivity contribution in [2.24, 2.45) is 0 Å². The SMILES string of the molecule is FC=Cc1cnc2ccccc2c1. The molecule has 0 unspecified atom stereocenters. The van der Waals surface area contributed by atoms with Gasteiger partial charge in [0.05, 0.1) is 11.8 Å². The number of fused-ring (bicyclic) bond motifs is 1. The van der Waals surface area contributed by atoms with Crippen molar-refractivity contribution in [2.45, 2.75) is 0 Å². The number of pyridine rings is 1. The summed E-state index contributed by atoms with van der Waals surface area (Å²) in [7, 11) is 0. The largest absolute Gasteiger partial charge is 0.256 e. The summed E-state index contributed by atoms with van der Waals surface area (Å²) >= 11 is 0. The van der Waals surface area contributed by atoms with Crippen LogP contribution in [0.2, 0.25) is 0 Å². The Kier molecular flexibility index (Phi) is 2.04. The summed E-state index contributed by atoms with van der Waals surface area (Å²) in [5, 5.41) is 1.03. The number of aromatic nitrogens is 1. The van der Waals surface area contributed by atoms with Gasteiger partial charge in [-0.1, -0.05) is 18.2 Å². The van der Waals surface area contributed by atoms with Crippen molar-refractivity contribution in [3.63, 3.8) is 0 Å². The molecule has 0 atom stereocenters. The van der Waals surface area contributed by atoms with Gasteiger partial charge in [-0.05, 0) is 23.8 Å². The molecule has 13 heavy (non-hydrogen) atoms. The van der Waals surface area contributed by atoms with Gasteiger partial charge in [0, 0.05) is 11.6 Å². The molecule has 0 saturated carbocycles. The molecule has 0 saturated heterocycles. The van der Waals surface area contributed by atoms with E-state index in [9.17, 15) is 4.39 Å². The van der Waals surface area contributed by atoms with Gasteiger partial charge in [-0.3, -0.25) is 4.98 Å². The van der Waals surface area contributed by atoms with Crippen LogP contribution in [0.1, 0.15) is 5.56 Å². The van der Waals surface area contributed by atoms with Crippen molar-refractivity contribution in [3.8, 4) is 0 Å². The van der Waals surface area contributed by atoms with Crippen molar-refractivity contribution in [2.75, 3.05) is 0 Å². The Bertz CT molecular complexity index is 449. The minimum absolute atomic E-state index is 0.520. The minimum atomic E-state index is 0.520. The number of halogens is 1. The predicted octanol–water partition coefficient (Wildman–Crippen LogP) is 3.18. The first-order valence-electron chi connectivity index (χ1n) is 4.02. The lowest BCUT2D eigenvalue weighted by Crippen LogP contribution is -1.79. The molecule has 2 rings (SSSR count). The molecule has 64 valence electrons. The second kappa shape index (κ2) is 3.35. The Morgan fingerprint density at radius 1 is 1.23 bits per heavy atom. The van der Waals surface area contributed by atoms with E-state index in [2.05, 4.69) is 4.98 Å². The molecule has 0 bridgehead atoms. The van der Waals surface area contributed by atoms with Crippen LogP contribution >= 0.6 is 0 Å². The first-order chi connectivity index (χ1) is 6.40. The number of para-hydroxylation sites is 1. The average Bonchev–Trinajstić information content (AvgIpc) is 2.18. The predicted molar refractivity (Wildman–Crippen MR) is 51.9 cm³/mol. The van der Waals surface area contributed by atoms with Crippen molar-refractivity contribution < 1.29 is 4.39 Å². The lowest BCUT2D eigenvalue weighted by Gasteiger charge is -1.96. The molecule has 0 spiro atoms. The summed E-state index contributed by atoms with van der Waals surface area (Å²) in [4.78, 5) is 4.18. The van der Waals surface area contributed by atoms with E-state index in [-0.39, 0.29) is 0 Å². The monoisotopic (exact) mass is 173 g/mol. The molecule has 2 aromatic rings. The minimum Gasteiger partial charge on any atom is -0.256 e. The van der Waals surface area contributed by atoms with E-state index >= 15 is 0 Å². The number of nitrogens with zero attached hydrogens (tertiary/aromatic N) is 1. The molecule has 2 heteroatoms. The van der Waals surface area contributed by atoms with Crippen LogP contribution in [-0.2, 0) is 0 Å². The summed E-state index contributed by atoms with van der Waals surface area (Å²) in [6, 6.07) is 9.65. The molecule has 1 heterocycles. The molecular weight excluding hydrogens is 165 g/mol. The molecule has 0 aliphatic carbocycles. The molecule has 1 nitrogen and oxygen atoms in total. The summed E-state index contributed by atoms with van der Waals surface area (Å²) in [5.41, 5.74) is 1.71. The van der Waals surface area contributed by atoms with Gasteiger partial charge in [0.1, 0.15) is 0 Å². The Morgan fingerprint density at radius 3 is 2.92 bits per heavy atom. The van der Waals surface area contributed by atoms with Crippen molar-refractivity contribution >= 4 is 17.0 Å². The summed E-state index contributed by atoms with van der Waals surface area (Å²) in [5.74, 6) is 0. The second-order valence-electron chi connectivity index (χ2n) is 2.75. The first kappa shape index (κ1) is 7.92. The van der Waals surface area contributed by atoms with Gasteiger partial charge in [0.15, 0.2) is 0 Å². The van der Waals surface area contributed by atoms with Crippen LogP contribution in [-0.4, -0.2) is 4.98 Å². The van der Waals surface area contributed by atoms with Gasteiger partial charge < -0.3 is 0 Å². The third-order valence-electron chi connectivity index (χ3n) is 1.87. The quantitative estimate of drug-likeness (QED) is 0.645. The number of hydrogen-bond acceptors (Lipinski definition) is 1. The Balaban J connectivity index is 2.62. The van der Waals surface area contributed by atoms with Gasteiger partial charge >= 0.3 is 0 Å². The van der Waals surface area contributed by atoms with E-state index in [1.54, 1.807) is 6.20 Å². The van der Waals surface area contributed by atoms with Gasteiger partial charge in [-0.25, -0.2) is 4.39 Å². The zero-order valence-electron chi connectivity index (χ0n) is 6.94. The van der Waals surface area contributed by atoms with Crippen molar-refractivity contribution in [3.05, 3.63) is 48.4 Å². The smallest absolute Gasteiger partial charge is 0.0873 e. The fourth-order valence-corrected chi connectivity index (χ4v) is 1.25. The molecule has 0 N–H and O–H groups in total. The van der Waals surface area contributed by atoms with E-state index in [0.29, 0.717) is 6.33 Å². The van der Waals surface area contributed by atoms with Gasteiger partial charge in [-0.2, -0.15) is 0 Å². The molecule has 0 aliphatic rings. The van der Waals surface area contributed by atoms with E-state index < -0.39 is 0 Å². The highest BCUT2D eigenvalue weighted by molar-refractivity contribution is 5.80. The van der Waals surface area contributed by atoms with Crippen LogP contribution in [0.4, 0.5) is 4.39 Å². The maximum Gasteiger partial charge on any atom is 0.0873 e. The third kappa shape index (κ3) is 1.56. The van der Waals surface area contributed by atoms with Gasteiger partial charge in [-0.15, -0.1) is 0 Å². The number of benzene rings is 1. The lowest BCUT2D eigenvalue weighted by atomic mass is 10.1. The van der Waals surface area contributed by atoms with Crippen LogP contribution in [0.3, 0.4) is 0 Å². The summed E-state index contributed by atoms with van der Waals surface area (Å²) < 4.78 is 11.9. The molecule has 1 aromatic carbocycles. The van der Waals surface area contributed by atoms with Crippen LogP contribution in [0.15, 0.2) is 42.9 Å². The summed E-state index contributed by atoms with van der Waals surface area (Å²) in [6.45, 7) is 0. The normalized spacial score (nSPS) is 11.2. The molecular formula is C11H8FN. The highest BCUT2D eigenvalue weighted by Gasteiger charge is 1.93. The number of rotatable bonds is 1. The Hall–Kier alpha value is -1.70. The third-order valence-corrected chi connectivity index (χ3v) is 1.87. The molecule has 0 aliphatic heterocycles. The Labute approximate surface area is 75.5 Å². The first-order valence-corrected chi connectivity index (χ1v) is 4.02. The van der Waals surface area contributed by atoms with Crippen LogP contribution in [0.25, 0.3) is 17.0 Å². The van der Waals surface area contributed by atoms with Crippen LogP contribution < -0.4 is 0 Å². The van der Waals surface area contributed by atoms with Crippen LogP contribution in [0, 0.1) is 0 Å². The Morgan fingerprint density at radius 2 is 2.08 bits per heavy atom. The van der Waals surface area contributed by atoms with Gasteiger partial charge in [0.25, 0.3) is 0 Å². The lowest BCUT2D eigenvalue weighted by molar-refractivity contribution is 0.727. The van der Waals surface area contributed by atoms with Crippen molar-refractivity contribution in [1.29, 1.82) is 0 Å². The molecule has 0 fully saturated rings. The summed E-state index contributed by atoms with van der Waals surface area (Å²) in [6.07, 6.45) is 3.56. The van der Waals surface area contributed by atoms with E-state index in [1.807, 2.05) is 30.3 Å². The topological polar surface area (TPSA) is 12.9 Å². The molecule has 1 aromatic heterocycles. The van der Waals surface area contributed by atoms with E-state index in [1.165, 1.54) is 6.08 Å². The maximum absolute atomic E-state index is 11.9. The number of hydrogen-bond donors (Lipinski definition) is 0. The molecule has 0 amide bonds. The second-order valence-corrected chi connectivity index (χ2v) is 2.75. The highest BCUT2D eigenvalue weighted by Crippen LogP contribution is 2.13. The fraction of sp³-hybridized carbons (Fsp3) is 0. The van der Waals surface area contributed by atoms with Crippen LogP contribution in [0.5, 0.6) is 0 Å². The van der Waals surface area contributed by atoms with E-state index in [4.69, 9.17) is 0 Å². The van der Waals surface area contributed by atoms with Crippen molar-refractivity contribution in [1.82, 2.24) is 4.98 Å². The zero-order valence-corrected chi connectivity index (χ0v) is 6.94. The fourth-order valence-electron chi connectivity index (χ4n) is 1.25. The average molecular weight is 173 g/mol. The zero-order chi connectivity index (χ0) is 9.10. The molecule has 0 radical (unpaired) electrons. The standard InChI is InChI=1S/C11H8FN/c12-6-5-9-7-10-3-1-2-4-11(10)13-8-9/h1-8H. The highest BCUT2D eigenvalue weighted by atomic mass is 19.1. The van der Waals surface area contributed by atoms with Gasteiger partial charge in [0.2, 0.25) is 0 Å².